The standard InChI is InChI=1S/C14H19NO/c1-11-2-4-12(5-3-11)10-15-13-6-8-14(16)9-7-13/h2-5,13,15H,6-10H2,1H3. The third-order valence-corrected chi connectivity index (χ3v) is 3.26. The average Bonchev–Trinajstić information content (AvgIpc) is 2.30. The van der Waals surface area contributed by atoms with Crippen LogP contribution in [0, 0.1) is 6.92 Å². The van der Waals surface area contributed by atoms with Crippen LogP contribution in [-0.2, 0) is 11.3 Å². The van der Waals surface area contributed by atoms with Gasteiger partial charge in [-0.15, -0.1) is 0 Å². The molecule has 0 amide bonds. The Balaban J connectivity index is 1.79. The highest BCUT2D eigenvalue weighted by Crippen LogP contribution is 2.15. The maximum atomic E-state index is 11.1. The summed E-state index contributed by atoms with van der Waals surface area (Å²) in [6, 6.07) is 9.13. The molecule has 0 saturated heterocycles. The molecule has 0 heterocycles. The van der Waals surface area contributed by atoms with Gasteiger partial charge in [0.25, 0.3) is 0 Å². The Labute approximate surface area is 97.1 Å². The minimum absolute atomic E-state index is 0.424. The van der Waals surface area contributed by atoms with E-state index in [1.807, 2.05) is 0 Å². The first-order valence-corrected chi connectivity index (χ1v) is 6.04. The second-order valence-corrected chi connectivity index (χ2v) is 4.68. The molecule has 0 radical (unpaired) electrons. The van der Waals surface area contributed by atoms with Gasteiger partial charge < -0.3 is 5.32 Å². The van der Waals surface area contributed by atoms with Crippen molar-refractivity contribution in [1.29, 1.82) is 0 Å². The summed E-state index contributed by atoms with van der Waals surface area (Å²) < 4.78 is 0. The van der Waals surface area contributed by atoms with E-state index in [0.717, 1.165) is 32.2 Å². The molecule has 0 aliphatic heterocycles. The van der Waals surface area contributed by atoms with Crippen molar-refractivity contribution >= 4 is 5.78 Å². The maximum absolute atomic E-state index is 11.1. The summed E-state index contributed by atoms with van der Waals surface area (Å²) in [6.07, 6.45) is 3.52. The molecule has 0 atom stereocenters. The van der Waals surface area contributed by atoms with E-state index in [1.165, 1.54) is 11.1 Å². The monoisotopic (exact) mass is 217 g/mol. The van der Waals surface area contributed by atoms with Crippen molar-refractivity contribution in [1.82, 2.24) is 5.32 Å². The molecule has 1 aliphatic rings. The lowest BCUT2D eigenvalue weighted by Crippen LogP contribution is -2.32. The highest BCUT2D eigenvalue weighted by atomic mass is 16.1. The summed E-state index contributed by atoms with van der Waals surface area (Å²) in [7, 11) is 0. The van der Waals surface area contributed by atoms with E-state index in [0.29, 0.717) is 11.8 Å². The third kappa shape index (κ3) is 3.17. The SMILES string of the molecule is Cc1ccc(CNC2CCC(=O)CC2)cc1. The normalized spacial score (nSPS) is 17.7. The molecule has 2 heteroatoms. The summed E-state index contributed by atoms with van der Waals surface area (Å²) in [4.78, 5) is 11.1. The largest absolute Gasteiger partial charge is 0.310 e. The van der Waals surface area contributed by atoms with Gasteiger partial charge in [0.05, 0.1) is 0 Å². The van der Waals surface area contributed by atoms with Gasteiger partial charge in [-0.25, -0.2) is 0 Å². The summed E-state index contributed by atoms with van der Waals surface area (Å²) in [6.45, 7) is 3.02. The van der Waals surface area contributed by atoms with E-state index in [4.69, 9.17) is 0 Å². The number of carbonyl (C=O) groups excluding carboxylic acids is 1. The number of carbonyl (C=O) groups is 1. The van der Waals surface area contributed by atoms with Crippen LogP contribution in [0.2, 0.25) is 0 Å². The first-order valence-electron chi connectivity index (χ1n) is 6.04. The number of hydrogen-bond donors (Lipinski definition) is 1. The van der Waals surface area contributed by atoms with E-state index in [9.17, 15) is 4.79 Å². The Bertz CT molecular complexity index is 346. The van der Waals surface area contributed by atoms with Crippen molar-refractivity contribution in [2.75, 3.05) is 0 Å². The first kappa shape index (κ1) is 11.3. The van der Waals surface area contributed by atoms with Crippen molar-refractivity contribution in [3.63, 3.8) is 0 Å². The van der Waals surface area contributed by atoms with E-state index in [-0.39, 0.29) is 0 Å². The van der Waals surface area contributed by atoms with Crippen LogP contribution in [0.3, 0.4) is 0 Å². The van der Waals surface area contributed by atoms with Crippen LogP contribution in [0.4, 0.5) is 0 Å². The van der Waals surface area contributed by atoms with E-state index in [1.54, 1.807) is 0 Å². The number of rotatable bonds is 3. The van der Waals surface area contributed by atoms with Gasteiger partial charge in [-0.1, -0.05) is 29.8 Å². The van der Waals surface area contributed by atoms with Gasteiger partial charge in [0.1, 0.15) is 5.78 Å². The number of hydrogen-bond acceptors (Lipinski definition) is 2. The first-order chi connectivity index (χ1) is 7.74. The molecule has 1 aliphatic carbocycles. The number of Topliss-reactive ketones (excluding diaryl/α,β-unsaturated/α-hetero) is 1. The number of aryl methyl sites for hydroxylation is 1. The van der Waals surface area contributed by atoms with Crippen molar-refractivity contribution < 1.29 is 4.79 Å². The van der Waals surface area contributed by atoms with Gasteiger partial charge in [0.15, 0.2) is 0 Å². The lowest BCUT2D eigenvalue weighted by Gasteiger charge is -2.22. The van der Waals surface area contributed by atoms with Crippen LogP contribution >= 0.6 is 0 Å². The average molecular weight is 217 g/mol. The lowest BCUT2D eigenvalue weighted by atomic mass is 9.94. The van der Waals surface area contributed by atoms with Crippen molar-refractivity contribution in [3.8, 4) is 0 Å². The van der Waals surface area contributed by atoms with E-state index >= 15 is 0 Å². The van der Waals surface area contributed by atoms with Crippen molar-refractivity contribution in [3.05, 3.63) is 35.4 Å². The minimum atomic E-state index is 0.424. The molecule has 1 aromatic rings. The Hall–Kier alpha value is -1.15. The van der Waals surface area contributed by atoms with Crippen molar-refractivity contribution in [2.24, 2.45) is 0 Å². The summed E-state index contributed by atoms with van der Waals surface area (Å²) in [5.41, 5.74) is 2.62. The molecule has 16 heavy (non-hydrogen) atoms. The molecule has 1 aromatic carbocycles. The Morgan fingerprint density at radius 1 is 1.19 bits per heavy atom. The van der Waals surface area contributed by atoms with E-state index in [2.05, 4.69) is 36.5 Å². The molecule has 1 saturated carbocycles. The highest BCUT2D eigenvalue weighted by molar-refractivity contribution is 5.79. The predicted molar refractivity (Wildman–Crippen MR) is 65.3 cm³/mol. The molecule has 0 aromatic heterocycles. The van der Waals surface area contributed by atoms with Crippen LogP contribution in [0.15, 0.2) is 24.3 Å². The van der Waals surface area contributed by atoms with Crippen LogP contribution in [0.25, 0.3) is 0 Å². The molecule has 0 unspecified atom stereocenters. The lowest BCUT2D eigenvalue weighted by molar-refractivity contribution is -0.120. The summed E-state index contributed by atoms with van der Waals surface area (Å²) in [5, 5.41) is 3.53. The topological polar surface area (TPSA) is 29.1 Å². The number of nitrogens with one attached hydrogen (secondary N) is 1. The Morgan fingerprint density at radius 3 is 2.44 bits per heavy atom. The second-order valence-electron chi connectivity index (χ2n) is 4.68. The molecule has 0 bridgehead atoms. The molecular weight excluding hydrogens is 198 g/mol. The molecule has 1 fully saturated rings. The zero-order chi connectivity index (χ0) is 11.4. The molecule has 2 rings (SSSR count). The quantitative estimate of drug-likeness (QED) is 0.843. The van der Waals surface area contributed by atoms with Gasteiger partial charge in [0, 0.05) is 25.4 Å². The minimum Gasteiger partial charge on any atom is -0.310 e. The van der Waals surface area contributed by atoms with Crippen LogP contribution in [-0.4, -0.2) is 11.8 Å². The summed E-state index contributed by atoms with van der Waals surface area (Å²) in [5.74, 6) is 0.424. The van der Waals surface area contributed by atoms with Gasteiger partial charge in [-0.2, -0.15) is 0 Å². The van der Waals surface area contributed by atoms with E-state index < -0.39 is 0 Å². The third-order valence-electron chi connectivity index (χ3n) is 3.26. The van der Waals surface area contributed by atoms with Crippen molar-refractivity contribution in [2.45, 2.75) is 45.2 Å². The van der Waals surface area contributed by atoms with Gasteiger partial charge >= 0.3 is 0 Å². The fourth-order valence-corrected chi connectivity index (χ4v) is 2.11. The van der Waals surface area contributed by atoms with Gasteiger partial charge in [0.2, 0.25) is 0 Å². The Kier molecular flexibility index (Phi) is 3.73. The fourth-order valence-electron chi connectivity index (χ4n) is 2.11. The van der Waals surface area contributed by atoms with Gasteiger partial charge in [-0.3, -0.25) is 4.79 Å². The second kappa shape index (κ2) is 5.26. The zero-order valence-corrected chi connectivity index (χ0v) is 9.83. The van der Waals surface area contributed by atoms with Gasteiger partial charge in [-0.05, 0) is 25.3 Å². The van der Waals surface area contributed by atoms with Crippen LogP contribution < -0.4 is 5.32 Å². The Morgan fingerprint density at radius 2 is 1.81 bits per heavy atom. The molecule has 0 spiro atoms. The fraction of sp³-hybridized carbons (Fsp3) is 0.500. The smallest absolute Gasteiger partial charge is 0.133 e. The molecule has 1 N–H and O–H groups in total. The highest BCUT2D eigenvalue weighted by Gasteiger charge is 2.17. The number of ketones is 1. The maximum Gasteiger partial charge on any atom is 0.133 e. The molecular formula is C14H19NO. The number of benzene rings is 1. The predicted octanol–water partition coefficient (Wildman–Crippen LogP) is 2.60. The van der Waals surface area contributed by atoms with Crippen LogP contribution in [0.5, 0.6) is 0 Å². The molecule has 86 valence electrons. The summed E-state index contributed by atoms with van der Waals surface area (Å²) >= 11 is 0. The molecule has 2 nitrogen and oxygen atoms in total. The van der Waals surface area contributed by atoms with Crippen LogP contribution in [0.1, 0.15) is 36.8 Å². The zero-order valence-electron chi connectivity index (χ0n) is 9.83.